The highest BCUT2D eigenvalue weighted by molar-refractivity contribution is 5.87. The smallest absolute Gasteiger partial charge is 0.239 e. The molecule has 0 aliphatic carbocycles. The first-order valence-corrected chi connectivity index (χ1v) is 9.04. The van der Waals surface area contributed by atoms with Gasteiger partial charge in [-0.25, -0.2) is 0 Å². The van der Waals surface area contributed by atoms with E-state index in [9.17, 15) is 14.4 Å². The van der Waals surface area contributed by atoms with Crippen LogP contribution in [0.4, 0.5) is 0 Å². The minimum absolute atomic E-state index is 0. The third-order valence-corrected chi connectivity index (χ3v) is 4.56. The number of hydrogen-bond donors (Lipinski definition) is 3. The molecule has 27 heavy (non-hydrogen) atoms. The first kappa shape index (κ1) is 22.9. The number of likely N-dealkylation sites (tertiary alicyclic amines) is 1. The largest absolute Gasteiger partial charge is 0.346 e. The van der Waals surface area contributed by atoms with Crippen molar-refractivity contribution in [3.63, 3.8) is 0 Å². The van der Waals surface area contributed by atoms with E-state index in [-0.39, 0.29) is 48.6 Å². The molecule has 0 radical (unpaired) electrons. The highest BCUT2D eigenvalue weighted by Gasteiger charge is 2.25. The van der Waals surface area contributed by atoms with Crippen molar-refractivity contribution in [1.82, 2.24) is 15.5 Å². The second-order valence-corrected chi connectivity index (χ2v) is 6.96. The van der Waals surface area contributed by atoms with E-state index in [2.05, 4.69) is 10.6 Å². The van der Waals surface area contributed by atoms with E-state index in [0.29, 0.717) is 19.5 Å². The Balaban J connectivity index is 0.00000364. The number of nitrogens with zero attached hydrogens (tertiary/aromatic N) is 1. The maximum Gasteiger partial charge on any atom is 0.239 e. The van der Waals surface area contributed by atoms with Gasteiger partial charge in [0, 0.05) is 19.5 Å². The predicted octanol–water partition coefficient (Wildman–Crippen LogP) is 0.988. The van der Waals surface area contributed by atoms with Gasteiger partial charge in [0.1, 0.15) is 0 Å². The molecule has 0 bridgehead atoms. The van der Waals surface area contributed by atoms with E-state index in [4.69, 9.17) is 5.73 Å². The Labute approximate surface area is 166 Å². The maximum atomic E-state index is 12.3. The summed E-state index contributed by atoms with van der Waals surface area (Å²) in [5.41, 5.74) is 6.70. The third-order valence-electron chi connectivity index (χ3n) is 4.56. The van der Waals surface area contributed by atoms with E-state index < -0.39 is 6.04 Å². The van der Waals surface area contributed by atoms with Gasteiger partial charge in [-0.05, 0) is 17.9 Å². The zero-order valence-corrected chi connectivity index (χ0v) is 16.6. The van der Waals surface area contributed by atoms with Gasteiger partial charge in [0.25, 0.3) is 0 Å². The average molecular weight is 397 g/mol. The minimum atomic E-state index is -0.644. The Kier molecular flexibility index (Phi) is 9.25. The van der Waals surface area contributed by atoms with E-state index in [1.54, 1.807) is 4.90 Å². The average Bonchev–Trinajstić information content (AvgIpc) is 3.03. The van der Waals surface area contributed by atoms with Crippen molar-refractivity contribution in [2.75, 3.05) is 19.6 Å². The molecule has 1 aromatic carbocycles. The summed E-state index contributed by atoms with van der Waals surface area (Å²) < 4.78 is 0. The van der Waals surface area contributed by atoms with Crippen molar-refractivity contribution < 1.29 is 14.4 Å². The summed E-state index contributed by atoms with van der Waals surface area (Å²) >= 11 is 0. The lowest BCUT2D eigenvalue weighted by molar-refractivity contribution is -0.129. The number of benzene rings is 1. The molecule has 1 aliphatic rings. The standard InChI is InChI=1S/C19H28N4O3.ClH/c1-13(2)18(20)19(26)21-11-16(24)22-15(14-7-4-3-5-8-14)12-23-10-6-9-17(23)25;/h3-5,7-8,13,15,18H,6,9-12,20H2,1-2H3,(H,21,26)(H,22,24);1H/t15?,18-;/m0./s1. The Morgan fingerprint density at radius 3 is 2.44 bits per heavy atom. The lowest BCUT2D eigenvalue weighted by Gasteiger charge is -2.25. The van der Waals surface area contributed by atoms with Crippen molar-refractivity contribution >= 4 is 30.1 Å². The molecule has 0 spiro atoms. The fourth-order valence-corrected chi connectivity index (χ4v) is 2.87. The summed E-state index contributed by atoms with van der Waals surface area (Å²) in [6, 6.07) is 8.55. The molecule has 1 saturated heterocycles. The lowest BCUT2D eigenvalue weighted by Crippen LogP contribution is -2.48. The molecule has 2 atom stereocenters. The van der Waals surface area contributed by atoms with E-state index in [1.807, 2.05) is 44.2 Å². The van der Waals surface area contributed by atoms with Crippen LogP contribution in [0.2, 0.25) is 0 Å². The molecule has 150 valence electrons. The number of carbonyl (C=O) groups is 3. The number of hydrogen-bond acceptors (Lipinski definition) is 4. The summed E-state index contributed by atoms with van der Waals surface area (Å²) in [5.74, 6) is -0.552. The fourth-order valence-electron chi connectivity index (χ4n) is 2.87. The van der Waals surface area contributed by atoms with Crippen LogP contribution >= 0.6 is 12.4 Å². The van der Waals surface area contributed by atoms with Gasteiger partial charge in [0.15, 0.2) is 0 Å². The highest BCUT2D eigenvalue weighted by atomic mass is 35.5. The maximum absolute atomic E-state index is 12.3. The van der Waals surface area contributed by atoms with Crippen LogP contribution in [0.3, 0.4) is 0 Å². The van der Waals surface area contributed by atoms with Crippen LogP contribution in [0.25, 0.3) is 0 Å². The summed E-state index contributed by atoms with van der Waals surface area (Å²) in [7, 11) is 0. The molecule has 7 nitrogen and oxygen atoms in total. The Morgan fingerprint density at radius 1 is 1.22 bits per heavy atom. The molecule has 0 aromatic heterocycles. The van der Waals surface area contributed by atoms with Crippen LogP contribution < -0.4 is 16.4 Å². The van der Waals surface area contributed by atoms with Gasteiger partial charge in [-0.2, -0.15) is 0 Å². The van der Waals surface area contributed by atoms with Crippen molar-refractivity contribution in [1.29, 1.82) is 0 Å². The first-order chi connectivity index (χ1) is 12.4. The zero-order chi connectivity index (χ0) is 19.1. The van der Waals surface area contributed by atoms with Crippen LogP contribution in [-0.2, 0) is 14.4 Å². The highest BCUT2D eigenvalue weighted by Crippen LogP contribution is 2.18. The summed E-state index contributed by atoms with van der Waals surface area (Å²) in [6.45, 7) is 4.69. The monoisotopic (exact) mass is 396 g/mol. The fraction of sp³-hybridized carbons (Fsp3) is 0.526. The summed E-state index contributed by atoms with van der Waals surface area (Å²) in [5, 5.41) is 5.48. The molecule has 4 N–H and O–H groups in total. The molecule has 3 amide bonds. The quantitative estimate of drug-likeness (QED) is 0.609. The summed E-state index contributed by atoms with van der Waals surface area (Å²) in [6.07, 6.45) is 1.40. The Hall–Kier alpha value is -2.12. The third kappa shape index (κ3) is 6.84. The molecule has 1 aromatic rings. The summed E-state index contributed by atoms with van der Waals surface area (Å²) in [4.78, 5) is 37.9. The molecular formula is C19H29ClN4O3. The van der Waals surface area contributed by atoms with Gasteiger partial charge < -0.3 is 21.3 Å². The normalized spacial score (nSPS) is 15.9. The van der Waals surface area contributed by atoms with Crippen LogP contribution in [0.1, 0.15) is 38.3 Å². The van der Waals surface area contributed by atoms with Crippen molar-refractivity contribution in [2.24, 2.45) is 11.7 Å². The topological polar surface area (TPSA) is 105 Å². The Morgan fingerprint density at radius 2 is 1.89 bits per heavy atom. The SMILES string of the molecule is CC(C)[C@H](N)C(=O)NCC(=O)NC(CN1CCCC1=O)c1ccccc1.Cl. The number of halogens is 1. The van der Waals surface area contributed by atoms with Crippen molar-refractivity contribution in [2.45, 2.75) is 38.8 Å². The van der Waals surface area contributed by atoms with E-state index in [0.717, 1.165) is 12.0 Å². The van der Waals surface area contributed by atoms with E-state index >= 15 is 0 Å². The number of nitrogens with one attached hydrogen (secondary N) is 2. The van der Waals surface area contributed by atoms with Gasteiger partial charge in [0.2, 0.25) is 17.7 Å². The van der Waals surface area contributed by atoms with Gasteiger partial charge in [-0.15, -0.1) is 12.4 Å². The molecule has 0 saturated carbocycles. The van der Waals surface area contributed by atoms with Gasteiger partial charge >= 0.3 is 0 Å². The molecule has 1 aliphatic heterocycles. The van der Waals surface area contributed by atoms with Gasteiger partial charge in [-0.1, -0.05) is 44.2 Å². The van der Waals surface area contributed by atoms with Crippen LogP contribution in [0, 0.1) is 5.92 Å². The van der Waals surface area contributed by atoms with E-state index in [1.165, 1.54) is 0 Å². The van der Waals surface area contributed by atoms with Crippen LogP contribution in [-0.4, -0.2) is 48.3 Å². The molecule has 1 fully saturated rings. The number of amides is 3. The number of nitrogens with two attached hydrogens (primary N) is 1. The molecule has 1 heterocycles. The van der Waals surface area contributed by atoms with Crippen LogP contribution in [0.5, 0.6) is 0 Å². The van der Waals surface area contributed by atoms with Crippen molar-refractivity contribution in [3.8, 4) is 0 Å². The zero-order valence-electron chi connectivity index (χ0n) is 15.8. The molecular weight excluding hydrogens is 368 g/mol. The number of rotatable bonds is 8. The predicted molar refractivity (Wildman–Crippen MR) is 106 cm³/mol. The molecule has 1 unspecified atom stereocenters. The van der Waals surface area contributed by atoms with Gasteiger partial charge in [-0.3, -0.25) is 14.4 Å². The second-order valence-electron chi connectivity index (χ2n) is 6.96. The molecule has 8 heteroatoms. The Bertz CT molecular complexity index is 639. The lowest BCUT2D eigenvalue weighted by atomic mass is 10.1. The second kappa shape index (κ2) is 10.9. The van der Waals surface area contributed by atoms with Gasteiger partial charge in [0.05, 0.1) is 18.6 Å². The minimum Gasteiger partial charge on any atom is -0.346 e. The molecule has 2 rings (SSSR count). The first-order valence-electron chi connectivity index (χ1n) is 9.04. The van der Waals surface area contributed by atoms with Crippen molar-refractivity contribution in [3.05, 3.63) is 35.9 Å². The van der Waals surface area contributed by atoms with Crippen LogP contribution in [0.15, 0.2) is 30.3 Å². The number of carbonyl (C=O) groups excluding carboxylic acids is 3.